The highest BCUT2D eigenvalue weighted by atomic mass is 16.1. The highest BCUT2D eigenvalue weighted by Gasteiger charge is 2.43. The highest BCUT2D eigenvalue weighted by molar-refractivity contribution is 5.98. The molecule has 0 saturated heterocycles. The van der Waals surface area contributed by atoms with Crippen molar-refractivity contribution in [1.29, 1.82) is 0 Å². The number of carbonyl (C=O) groups excluding carboxylic acids is 1. The van der Waals surface area contributed by atoms with Crippen molar-refractivity contribution in [2.24, 2.45) is 5.92 Å². The molecule has 1 aliphatic carbocycles. The van der Waals surface area contributed by atoms with Crippen LogP contribution in [0.4, 0.5) is 0 Å². The minimum absolute atomic E-state index is 0.104. The lowest BCUT2D eigenvalue weighted by Crippen LogP contribution is -2.23. The largest absolute Gasteiger partial charge is 0.348 e. The number of Topliss-reactive ketones (excluding diaryl/α,β-unsaturated/α-hetero) is 1. The maximum absolute atomic E-state index is 11.9. The molecule has 0 bridgehead atoms. The van der Waals surface area contributed by atoms with E-state index in [0.29, 0.717) is 11.7 Å². The van der Waals surface area contributed by atoms with Crippen LogP contribution < -0.4 is 5.32 Å². The summed E-state index contributed by atoms with van der Waals surface area (Å²) in [5.41, 5.74) is 1.72. The van der Waals surface area contributed by atoms with E-state index < -0.39 is 0 Å². The summed E-state index contributed by atoms with van der Waals surface area (Å²) in [6, 6.07) is 0.309. The van der Waals surface area contributed by atoms with Crippen LogP contribution in [0.15, 0.2) is 25.0 Å². The van der Waals surface area contributed by atoms with Crippen molar-refractivity contribution >= 4 is 5.78 Å². The lowest BCUT2D eigenvalue weighted by molar-refractivity contribution is 0.0959. The Morgan fingerprint density at radius 1 is 1.33 bits per heavy atom. The lowest BCUT2D eigenvalue weighted by Gasteiger charge is -2.02. The monoisotopic (exact) mass is 245 g/mol. The molecule has 1 saturated carbocycles. The zero-order valence-corrected chi connectivity index (χ0v) is 9.89. The first-order chi connectivity index (χ1) is 8.84. The van der Waals surface area contributed by atoms with Gasteiger partial charge in [0.15, 0.2) is 5.78 Å². The Kier molecular flexibility index (Phi) is 2.93. The predicted octanol–water partition coefficient (Wildman–Crippen LogP) is 0.536. The first-order valence-electron chi connectivity index (χ1n) is 6.08. The summed E-state index contributed by atoms with van der Waals surface area (Å²) in [4.78, 5) is 25.7. The minimum Gasteiger partial charge on any atom is -0.348 e. The van der Waals surface area contributed by atoms with E-state index in [9.17, 15) is 4.79 Å². The molecule has 94 valence electrons. The third-order valence-electron chi connectivity index (χ3n) is 3.25. The molecule has 0 aromatic carbocycles. The van der Waals surface area contributed by atoms with Crippen LogP contribution in [0, 0.1) is 5.92 Å². The van der Waals surface area contributed by atoms with Crippen LogP contribution in [0.3, 0.4) is 0 Å². The van der Waals surface area contributed by atoms with E-state index in [1.165, 1.54) is 6.33 Å². The molecular formula is C12H15N5O. The average Bonchev–Trinajstić information content (AvgIpc) is 2.85. The van der Waals surface area contributed by atoms with Gasteiger partial charge in [-0.05, 0) is 6.42 Å². The number of carbonyl (C=O) groups is 1. The maximum Gasteiger partial charge on any atom is 0.185 e. The molecule has 6 heteroatoms. The highest BCUT2D eigenvalue weighted by Crippen LogP contribution is 2.33. The van der Waals surface area contributed by atoms with E-state index in [2.05, 4.69) is 25.3 Å². The summed E-state index contributed by atoms with van der Waals surface area (Å²) in [5.74, 6) is 0.263. The van der Waals surface area contributed by atoms with E-state index in [-0.39, 0.29) is 11.7 Å². The van der Waals surface area contributed by atoms with E-state index in [1.807, 2.05) is 6.20 Å². The van der Waals surface area contributed by atoms with Gasteiger partial charge < -0.3 is 15.3 Å². The lowest BCUT2D eigenvalue weighted by atomic mass is 10.2. The molecule has 6 nitrogen and oxygen atoms in total. The van der Waals surface area contributed by atoms with Crippen LogP contribution in [0.2, 0.25) is 0 Å². The molecule has 18 heavy (non-hydrogen) atoms. The molecule has 0 unspecified atom stereocenters. The third kappa shape index (κ3) is 2.33. The van der Waals surface area contributed by atoms with Gasteiger partial charge in [0.1, 0.15) is 5.69 Å². The molecular weight excluding hydrogens is 230 g/mol. The molecule has 0 aliphatic heterocycles. The third-order valence-corrected chi connectivity index (χ3v) is 3.25. The Hall–Kier alpha value is -1.95. The number of nitrogens with one attached hydrogen (secondary N) is 3. The van der Waals surface area contributed by atoms with Crippen molar-refractivity contribution in [3.05, 3.63) is 36.4 Å². The normalized spacial score (nSPS) is 22.0. The van der Waals surface area contributed by atoms with Gasteiger partial charge in [0, 0.05) is 36.8 Å². The zero-order chi connectivity index (χ0) is 12.4. The molecule has 1 aliphatic rings. The van der Waals surface area contributed by atoms with Crippen molar-refractivity contribution in [3.8, 4) is 0 Å². The quantitative estimate of drug-likeness (QED) is 0.648. The Balaban J connectivity index is 1.43. The van der Waals surface area contributed by atoms with Crippen LogP contribution in [0.5, 0.6) is 0 Å². The second kappa shape index (κ2) is 4.73. The first kappa shape index (κ1) is 11.2. The van der Waals surface area contributed by atoms with Crippen LogP contribution in [-0.4, -0.2) is 38.3 Å². The van der Waals surface area contributed by atoms with Gasteiger partial charge in [0.05, 0.1) is 18.9 Å². The molecule has 1 fully saturated rings. The number of ketones is 1. The van der Waals surface area contributed by atoms with Gasteiger partial charge in [0.2, 0.25) is 0 Å². The Morgan fingerprint density at radius 3 is 2.89 bits per heavy atom. The van der Waals surface area contributed by atoms with Crippen LogP contribution in [0.25, 0.3) is 0 Å². The first-order valence-corrected chi connectivity index (χ1v) is 6.08. The molecule has 2 heterocycles. The van der Waals surface area contributed by atoms with E-state index in [4.69, 9.17) is 0 Å². The predicted molar refractivity (Wildman–Crippen MR) is 65.1 cm³/mol. The van der Waals surface area contributed by atoms with Crippen LogP contribution >= 0.6 is 0 Å². The average molecular weight is 245 g/mol. The van der Waals surface area contributed by atoms with Gasteiger partial charge in [-0.3, -0.25) is 4.79 Å². The number of hydrogen-bond donors (Lipinski definition) is 3. The molecule has 3 rings (SSSR count). The summed E-state index contributed by atoms with van der Waals surface area (Å²) in [7, 11) is 0. The summed E-state index contributed by atoms with van der Waals surface area (Å²) in [6.45, 7) is 0.861. The molecule has 0 radical (unpaired) electrons. The van der Waals surface area contributed by atoms with Crippen molar-refractivity contribution < 1.29 is 4.79 Å². The smallest absolute Gasteiger partial charge is 0.185 e. The number of hydrogen-bond acceptors (Lipinski definition) is 4. The molecule has 0 spiro atoms. The number of rotatable bonds is 6. The van der Waals surface area contributed by atoms with E-state index in [1.54, 1.807) is 12.5 Å². The fraction of sp³-hybridized carbons (Fsp3) is 0.417. The Labute approximate surface area is 104 Å². The van der Waals surface area contributed by atoms with Gasteiger partial charge >= 0.3 is 0 Å². The number of H-pyrrole nitrogens is 2. The van der Waals surface area contributed by atoms with E-state index >= 15 is 0 Å². The van der Waals surface area contributed by atoms with Crippen LogP contribution in [-0.2, 0) is 6.42 Å². The van der Waals surface area contributed by atoms with Gasteiger partial charge in [-0.25, -0.2) is 9.97 Å². The van der Waals surface area contributed by atoms with Gasteiger partial charge in [-0.2, -0.15) is 0 Å². The molecule has 0 amide bonds. The second-order valence-electron chi connectivity index (χ2n) is 4.56. The zero-order valence-electron chi connectivity index (χ0n) is 9.89. The molecule has 2 aromatic heterocycles. The number of aromatic amines is 2. The Bertz CT molecular complexity index is 505. The topological polar surface area (TPSA) is 86.5 Å². The van der Waals surface area contributed by atoms with Gasteiger partial charge in [0.25, 0.3) is 0 Å². The Morgan fingerprint density at radius 2 is 2.17 bits per heavy atom. The maximum atomic E-state index is 11.9. The fourth-order valence-electron chi connectivity index (χ4n) is 2.11. The van der Waals surface area contributed by atoms with Crippen molar-refractivity contribution in [3.63, 3.8) is 0 Å². The molecule has 2 atom stereocenters. The summed E-state index contributed by atoms with van der Waals surface area (Å²) >= 11 is 0. The van der Waals surface area contributed by atoms with Crippen molar-refractivity contribution in [1.82, 2.24) is 25.3 Å². The van der Waals surface area contributed by atoms with Crippen molar-refractivity contribution in [2.75, 3.05) is 6.54 Å². The van der Waals surface area contributed by atoms with Gasteiger partial charge in [-0.1, -0.05) is 0 Å². The molecule has 2 aromatic rings. The second-order valence-corrected chi connectivity index (χ2v) is 4.56. The number of imidazole rings is 2. The standard InChI is InChI=1S/C12H15N5O/c18-12(11-5-14-7-17-11)9-3-10(9)15-2-1-8-4-13-6-16-8/h4-7,9-10,15H,1-3H2,(H,13,16)(H,14,17)/t9-,10+/m1/s1. The van der Waals surface area contributed by atoms with Crippen molar-refractivity contribution in [2.45, 2.75) is 18.9 Å². The minimum atomic E-state index is 0.104. The summed E-state index contributed by atoms with van der Waals surface area (Å²) in [6.07, 6.45) is 8.44. The van der Waals surface area contributed by atoms with Gasteiger partial charge in [-0.15, -0.1) is 0 Å². The summed E-state index contributed by atoms with van der Waals surface area (Å²) < 4.78 is 0. The fourth-order valence-corrected chi connectivity index (χ4v) is 2.11. The number of aromatic nitrogens is 4. The van der Waals surface area contributed by atoms with E-state index in [0.717, 1.165) is 25.1 Å². The molecule has 3 N–H and O–H groups in total. The number of nitrogens with zero attached hydrogens (tertiary/aromatic N) is 2. The van der Waals surface area contributed by atoms with Crippen LogP contribution in [0.1, 0.15) is 22.6 Å². The SMILES string of the molecule is O=C(c1cnc[nH]1)[C@@H]1C[C@@H]1NCCc1cnc[nH]1. The summed E-state index contributed by atoms with van der Waals surface area (Å²) in [5, 5.41) is 3.38.